The number of benzene rings is 1. The summed E-state index contributed by atoms with van der Waals surface area (Å²) in [6.45, 7) is 2.11. The van der Waals surface area contributed by atoms with E-state index in [0.29, 0.717) is 11.9 Å². The highest BCUT2D eigenvalue weighted by molar-refractivity contribution is 7.22. The Morgan fingerprint density at radius 3 is 2.94 bits per heavy atom. The standard InChI is InChI=1S/C11H12N4S/c1-7-6-10(12)14-15(7)11-13-8-4-2-3-5-9(8)16-11/h2-5,7H,6H2,1H3,(H2,12,14). The monoisotopic (exact) mass is 232 g/mol. The van der Waals surface area contributed by atoms with Crippen LogP contribution in [0.5, 0.6) is 0 Å². The maximum absolute atomic E-state index is 5.73. The van der Waals surface area contributed by atoms with E-state index in [9.17, 15) is 0 Å². The molecule has 1 atom stereocenters. The second-order valence-electron chi connectivity index (χ2n) is 3.95. The summed E-state index contributed by atoms with van der Waals surface area (Å²) >= 11 is 1.65. The lowest BCUT2D eigenvalue weighted by Gasteiger charge is -2.15. The zero-order valence-electron chi connectivity index (χ0n) is 8.92. The van der Waals surface area contributed by atoms with E-state index in [4.69, 9.17) is 5.73 Å². The van der Waals surface area contributed by atoms with Crippen molar-refractivity contribution < 1.29 is 0 Å². The van der Waals surface area contributed by atoms with Gasteiger partial charge in [-0.2, -0.15) is 5.10 Å². The van der Waals surface area contributed by atoms with Crippen LogP contribution < -0.4 is 10.7 Å². The Morgan fingerprint density at radius 1 is 1.44 bits per heavy atom. The van der Waals surface area contributed by atoms with Crippen LogP contribution in [0.3, 0.4) is 0 Å². The molecule has 1 unspecified atom stereocenters. The van der Waals surface area contributed by atoms with Crippen LogP contribution >= 0.6 is 11.3 Å². The highest BCUT2D eigenvalue weighted by Gasteiger charge is 2.24. The molecule has 5 heteroatoms. The summed E-state index contributed by atoms with van der Waals surface area (Å²) in [5.74, 6) is 0.687. The second-order valence-corrected chi connectivity index (χ2v) is 4.96. The van der Waals surface area contributed by atoms with E-state index < -0.39 is 0 Å². The topological polar surface area (TPSA) is 54.5 Å². The van der Waals surface area contributed by atoms with Gasteiger partial charge in [-0.1, -0.05) is 23.5 Å². The fourth-order valence-electron chi connectivity index (χ4n) is 1.86. The van der Waals surface area contributed by atoms with Gasteiger partial charge in [-0.05, 0) is 19.1 Å². The number of amidine groups is 1. The SMILES string of the molecule is CC1CC(N)=NN1c1nc2ccccc2s1. The number of anilines is 1. The van der Waals surface area contributed by atoms with E-state index in [1.165, 1.54) is 4.70 Å². The van der Waals surface area contributed by atoms with E-state index in [1.807, 2.05) is 23.2 Å². The van der Waals surface area contributed by atoms with Gasteiger partial charge in [0.1, 0.15) is 5.84 Å². The van der Waals surface area contributed by atoms with Crippen LogP contribution in [0, 0.1) is 0 Å². The van der Waals surface area contributed by atoms with Crippen LogP contribution in [0.2, 0.25) is 0 Å². The molecular weight excluding hydrogens is 220 g/mol. The van der Waals surface area contributed by atoms with Crippen LogP contribution in [-0.2, 0) is 0 Å². The van der Waals surface area contributed by atoms with Crippen LogP contribution in [-0.4, -0.2) is 16.9 Å². The molecule has 2 aromatic rings. The Hall–Kier alpha value is -1.62. The molecule has 0 radical (unpaired) electrons. The number of aromatic nitrogens is 1. The first-order valence-corrected chi connectivity index (χ1v) is 6.03. The van der Waals surface area contributed by atoms with Crippen LogP contribution in [0.4, 0.5) is 5.13 Å². The average Bonchev–Trinajstić information content (AvgIpc) is 2.81. The van der Waals surface area contributed by atoms with E-state index >= 15 is 0 Å². The number of hydrogen-bond acceptors (Lipinski definition) is 5. The van der Waals surface area contributed by atoms with Gasteiger partial charge < -0.3 is 5.73 Å². The van der Waals surface area contributed by atoms with Gasteiger partial charge in [0.05, 0.1) is 16.3 Å². The number of fused-ring (bicyclic) bond motifs is 1. The molecule has 82 valence electrons. The third-order valence-electron chi connectivity index (χ3n) is 2.64. The molecule has 0 spiro atoms. The lowest BCUT2D eigenvalue weighted by molar-refractivity contribution is 0.721. The minimum Gasteiger partial charge on any atom is -0.386 e. The Morgan fingerprint density at radius 2 is 2.25 bits per heavy atom. The minimum atomic E-state index is 0.306. The van der Waals surface area contributed by atoms with Gasteiger partial charge in [-0.25, -0.2) is 9.99 Å². The third kappa shape index (κ3) is 1.44. The molecule has 1 aliphatic heterocycles. The maximum atomic E-state index is 5.73. The van der Waals surface area contributed by atoms with Crippen molar-refractivity contribution in [1.29, 1.82) is 0 Å². The predicted octanol–water partition coefficient (Wildman–Crippen LogP) is 2.17. The molecule has 0 amide bonds. The first kappa shape index (κ1) is 9.59. The minimum absolute atomic E-state index is 0.306. The molecule has 0 aliphatic carbocycles. The smallest absolute Gasteiger partial charge is 0.207 e. The number of nitrogens with zero attached hydrogens (tertiary/aromatic N) is 3. The first-order valence-electron chi connectivity index (χ1n) is 5.22. The molecular formula is C11H12N4S. The molecule has 1 aliphatic rings. The fourth-order valence-corrected chi connectivity index (χ4v) is 2.88. The first-order chi connectivity index (χ1) is 7.74. The summed E-state index contributed by atoms with van der Waals surface area (Å²) in [6, 6.07) is 8.42. The zero-order chi connectivity index (χ0) is 11.1. The van der Waals surface area contributed by atoms with Gasteiger partial charge in [0, 0.05) is 6.42 Å². The summed E-state index contributed by atoms with van der Waals surface area (Å²) in [5, 5.41) is 7.15. The average molecular weight is 232 g/mol. The zero-order valence-corrected chi connectivity index (χ0v) is 9.74. The van der Waals surface area contributed by atoms with Crippen molar-refractivity contribution in [1.82, 2.24) is 4.98 Å². The van der Waals surface area contributed by atoms with Crippen molar-refractivity contribution >= 4 is 32.5 Å². The largest absolute Gasteiger partial charge is 0.386 e. The normalized spacial score (nSPS) is 20.4. The molecule has 4 nitrogen and oxygen atoms in total. The van der Waals surface area contributed by atoms with E-state index in [1.54, 1.807) is 11.3 Å². The Kier molecular flexibility index (Phi) is 2.07. The number of hydrazone groups is 1. The van der Waals surface area contributed by atoms with Gasteiger partial charge in [0.25, 0.3) is 0 Å². The quantitative estimate of drug-likeness (QED) is 0.819. The Balaban J connectivity index is 2.06. The van der Waals surface area contributed by atoms with Gasteiger partial charge in [0.15, 0.2) is 0 Å². The van der Waals surface area contributed by atoms with Crippen molar-refractivity contribution in [3.8, 4) is 0 Å². The van der Waals surface area contributed by atoms with Crippen molar-refractivity contribution in [3.63, 3.8) is 0 Å². The van der Waals surface area contributed by atoms with Crippen LogP contribution in [0.25, 0.3) is 10.2 Å². The van der Waals surface area contributed by atoms with Gasteiger partial charge in [-0.3, -0.25) is 0 Å². The molecule has 16 heavy (non-hydrogen) atoms. The summed E-state index contributed by atoms with van der Waals surface area (Å²) < 4.78 is 1.19. The van der Waals surface area contributed by atoms with Gasteiger partial charge >= 0.3 is 0 Å². The molecule has 0 saturated heterocycles. The van der Waals surface area contributed by atoms with Crippen LogP contribution in [0.1, 0.15) is 13.3 Å². The van der Waals surface area contributed by atoms with E-state index in [0.717, 1.165) is 17.1 Å². The van der Waals surface area contributed by atoms with Crippen molar-refractivity contribution in [2.24, 2.45) is 10.8 Å². The predicted molar refractivity (Wildman–Crippen MR) is 67.8 cm³/mol. The van der Waals surface area contributed by atoms with Gasteiger partial charge in [-0.15, -0.1) is 0 Å². The maximum Gasteiger partial charge on any atom is 0.207 e. The molecule has 0 fully saturated rings. The fraction of sp³-hybridized carbons (Fsp3) is 0.273. The molecule has 1 aromatic carbocycles. The number of rotatable bonds is 1. The van der Waals surface area contributed by atoms with Crippen molar-refractivity contribution in [2.45, 2.75) is 19.4 Å². The van der Waals surface area contributed by atoms with E-state index in [-0.39, 0.29) is 0 Å². The molecule has 1 aromatic heterocycles. The van der Waals surface area contributed by atoms with Gasteiger partial charge in [0.2, 0.25) is 5.13 Å². The molecule has 3 rings (SSSR count). The summed E-state index contributed by atoms with van der Waals surface area (Å²) in [7, 11) is 0. The summed E-state index contributed by atoms with van der Waals surface area (Å²) in [4.78, 5) is 4.56. The molecule has 2 N–H and O–H groups in total. The number of para-hydroxylation sites is 1. The third-order valence-corrected chi connectivity index (χ3v) is 3.66. The highest BCUT2D eigenvalue weighted by atomic mass is 32.1. The Labute approximate surface area is 97.4 Å². The molecule has 0 saturated carbocycles. The summed E-state index contributed by atoms with van der Waals surface area (Å²) in [5.41, 5.74) is 6.76. The van der Waals surface area contributed by atoms with Crippen molar-refractivity contribution in [2.75, 3.05) is 5.01 Å². The van der Waals surface area contributed by atoms with Crippen LogP contribution in [0.15, 0.2) is 29.4 Å². The number of nitrogens with two attached hydrogens (primary N) is 1. The molecule has 2 heterocycles. The number of hydrogen-bond donors (Lipinski definition) is 1. The van der Waals surface area contributed by atoms with E-state index in [2.05, 4.69) is 23.1 Å². The van der Waals surface area contributed by atoms with Crippen molar-refractivity contribution in [3.05, 3.63) is 24.3 Å². The number of thiazole rings is 1. The summed E-state index contributed by atoms with van der Waals surface area (Å²) in [6.07, 6.45) is 0.815. The highest BCUT2D eigenvalue weighted by Crippen LogP contribution is 2.31. The lowest BCUT2D eigenvalue weighted by Crippen LogP contribution is -2.22. The Bertz CT molecular complexity index is 527. The lowest BCUT2D eigenvalue weighted by atomic mass is 10.2. The molecule has 0 bridgehead atoms. The second kappa shape index (κ2) is 3.45.